The molecule has 1 unspecified atom stereocenters. The number of carboxylic acid groups (broad SMARTS) is 1. The van der Waals surface area contributed by atoms with Crippen molar-refractivity contribution < 1.29 is 14.3 Å². The topological polar surface area (TPSA) is 63.3 Å². The number of benzene rings is 1. The summed E-state index contributed by atoms with van der Waals surface area (Å²) in [6.07, 6.45) is 0. The van der Waals surface area contributed by atoms with Crippen LogP contribution in [0.25, 0.3) is 0 Å². The number of hydrogen-bond donors (Lipinski definition) is 2. The summed E-state index contributed by atoms with van der Waals surface area (Å²) in [5, 5.41) is 8.70. The maximum atomic E-state index is 12.3. The predicted molar refractivity (Wildman–Crippen MR) is 50.6 cm³/mol. The quantitative estimate of drug-likeness (QED) is 0.772. The van der Waals surface area contributed by atoms with E-state index in [-0.39, 0.29) is 0 Å². The molecular formula is C10H12FNO2. The van der Waals surface area contributed by atoms with Crippen LogP contribution in [0.1, 0.15) is 22.7 Å². The standard InChI is InChI=1S/C10H12FNO2/c1-6-2-3-7(5-11)4-8(6)9(12)10(13)14/h2-4,9H,5,12H2,1H3,(H,13,14). The summed E-state index contributed by atoms with van der Waals surface area (Å²) in [6.45, 7) is 1.14. The fourth-order valence-electron chi connectivity index (χ4n) is 1.24. The monoisotopic (exact) mass is 197 g/mol. The van der Waals surface area contributed by atoms with Crippen molar-refractivity contribution in [3.05, 3.63) is 34.9 Å². The summed E-state index contributed by atoms with van der Waals surface area (Å²) in [5.74, 6) is -1.11. The molecule has 0 heterocycles. The first-order valence-corrected chi connectivity index (χ1v) is 4.20. The third kappa shape index (κ3) is 2.09. The molecule has 14 heavy (non-hydrogen) atoms. The van der Waals surface area contributed by atoms with Crippen LogP contribution in [0.3, 0.4) is 0 Å². The van der Waals surface area contributed by atoms with E-state index in [1.54, 1.807) is 19.1 Å². The van der Waals surface area contributed by atoms with Gasteiger partial charge in [-0.15, -0.1) is 0 Å². The van der Waals surface area contributed by atoms with Crippen LogP contribution in [0.4, 0.5) is 4.39 Å². The summed E-state index contributed by atoms with van der Waals surface area (Å²) < 4.78 is 12.3. The average Bonchev–Trinajstić information content (AvgIpc) is 2.17. The van der Waals surface area contributed by atoms with Crippen LogP contribution in [0.5, 0.6) is 0 Å². The Kier molecular flexibility index (Phi) is 3.19. The number of alkyl halides is 1. The molecule has 1 atom stereocenters. The Morgan fingerprint density at radius 2 is 2.29 bits per heavy atom. The molecule has 0 aliphatic carbocycles. The van der Waals surface area contributed by atoms with Crippen molar-refractivity contribution >= 4 is 5.97 Å². The van der Waals surface area contributed by atoms with Crippen LogP contribution >= 0.6 is 0 Å². The Hall–Kier alpha value is -1.42. The second-order valence-electron chi connectivity index (χ2n) is 3.14. The molecule has 1 rings (SSSR count). The zero-order chi connectivity index (χ0) is 10.7. The van der Waals surface area contributed by atoms with E-state index in [0.29, 0.717) is 11.1 Å². The molecule has 3 nitrogen and oxygen atoms in total. The number of carbonyl (C=O) groups is 1. The number of aryl methyl sites for hydroxylation is 1. The lowest BCUT2D eigenvalue weighted by molar-refractivity contribution is -0.138. The highest BCUT2D eigenvalue weighted by Gasteiger charge is 2.16. The maximum absolute atomic E-state index is 12.3. The predicted octanol–water partition coefficient (Wildman–Crippen LogP) is 1.55. The molecule has 0 aromatic heterocycles. The third-order valence-corrected chi connectivity index (χ3v) is 2.10. The number of carboxylic acids is 1. The summed E-state index contributed by atoms with van der Waals surface area (Å²) in [6, 6.07) is 3.70. The van der Waals surface area contributed by atoms with Gasteiger partial charge in [-0.3, -0.25) is 4.79 Å². The normalized spacial score (nSPS) is 12.5. The Morgan fingerprint density at radius 3 is 2.79 bits per heavy atom. The van der Waals surface area contributed by atoms with E-state index in [4.69, 9.17) is 10.8 Å². The second kappa shape index (κ2) is 4.19. The van der Waals surface area contributed by atoms with Crippen molar-refractivity contribution in [1.29, 1.82) is 0 Å². The first kappa shape index (κ1) is 10.7. The Labute approximate surface area is 81.4 Å². The minimum Gasteiger partial charge on any atom is -0.480 e. The molecule has 0 aliphatic heterocycles. The van der Waals surface area contributed by atoms with Gasteiger partial charge in [-0.2, -0.15) is 0 Å². The molecule has 0 radical (unpaired) electrons. The first-order valence-electron chi connectivity index (χ1n) is 4.20. The fourth-order valence-corrected chi connectivity index (χ4v) is 1.24. The molecule has 76 valence electrons. The fraction of sp³-hybridized carbons (Fsp3) is 0.300. The van der Waals surface area contributed by atoms with Gasteiger partial charge < -0.3 is 10.8 Å². The second-order valence-corrected chi connectivity index (χ2v) is 3.14. The minimum atomic E-state index is -1.11. The summed E-state index contributed by atoms with van der Waals surface area (Å²) in [4.78, 5) is 10.6. The smallest absolute Gasteiger partial charge is 0.325 e. The van der Waals surface area contributed by atoms with E-state index in [1.807, 2.05) is 0 Å². The van der Waals surface area contributed by atoms with Gasteiger partial charge in [-0.1, -0.05) is 18.2 Å². The lowest BCUT2D eigenvalue weighted by Crippen LogP contribution is -2.21. The lowest BCUT2D eigenvalue weighted by Gasteiger charge is -2.11. The van der Waals surface area contributed by atoms with Crippen molar-refractivity contribution in [3.63, 3.8) is 0 Å². The van der Waals surface area contributed by atoms with Crippen LogP contribution in [0, 0.1) is 6.92 Å². The van der Waals surface area contributed by atoms with E-state index in [0.717, 1.165) is 5.56 Å². The number of hydrogen-bond acceptors (Lipinski definition) is 2. The van der Waals surface area contributed by atoms with E-state index >= 15 is 0 Å². The number of nitrogens with two attached hydrogens (primary N) is 1. The maximum Gasteiger partial charge on any atom is 0.325 e. The molecule has 4 heteroatoms. The van der Waals surface area contributed by atoms with Gasteiger partial charge in [0.25, 0.3) is 0 Å². The van der Waals surface area contributed by atoms with Gasteiger partial charge in [0.05, 0.1) is 0 Å². The molecule has 3 N–H and O–H groups in total. The third-order valence-electron chi connectivity index (χ3n) is 2.10. The van der Waals surface area contributed by atoms with Crippen LogP contribution < -0.4 is 5.73 Å². The average molecular weight is 197 g/mol. The molecule has 1 aromatic carbocycles. The molecule has 0 fully saturated rings. The molecule has 0 bridgehead atoms. The largest absolute Gasteiger partial charge is 0.480 e. The van der Waals surface area contributed by atoms with Gasteiger partial charge in [0.2, 0.25) is 0 Å². The Balaban J connectivity index is 3.11. The molecule has 0 saturated heterocycles. The minimum absolute atomic E-state index is 0.447. The zero-order valence-electron chi connectivity index (χ0n) is 7.83. The van der Waals surface area contributed by atoms with Gasteiger partial charge in [-0.05, 0) is 23.6 Å². The van der Waals surface area contributed by atoms with Crippen molar-refractivity contribution in [3.8, 4) is 0 Å². The van der Waals surface area contributed by atoms with Gasteiger partial charge >= 0.3 is 5.97 Å². The van der Waals surface area contributed by atoms with Crippen molar-refractivity contribution in [2.75, 3.05) is 0 Å². The highest BCUT2D eigenvalue weighted by Crippen LogP contribution is 2.18. The Morgan fingerprint density at radius 1 is 1.64 bits per heavy atom. The summed E-state index contributed by atoms with van der Waals surface area (Å²) in [7, 11) is 0. The van der Waals surface area contributed by atoms with Gasteiger partial charge in [0.15, 0.2) is 0 Å². The van der Waals surface area contributed by atoms with Crippen LogP contribution in [0.15, 0.2) is 18.2 Å². The van der Waals surface area contributed by atoms with Gasteiger partial charge in [0, 0.05) is 0 Å². The first-order chi connectivity index (χ1) is 6.56. The summed E-state index contributed by atoms with van der Waals surface area (Å²) >= 11 is 0. The Bertz CT molecular complexity index is 352. The molecule has 0 aliphatic rings. The van der Waals surface area contributed by atoms with Crippen molar-refractivity contribution in [1.82, 2.24) is 0 Å². The molecule has 0 spiro atoms. The van der Waals surface area contributed by atoms with Crippen LogP contribution in [-0.4, -0.2) is 11.1 Å². The molecule has 1 aromatic rings. The van der Waals surface area contributed by atoms with Crippen molar-refractivity contribution in [2.24, 2.45) is 5.73 Å². The molecule has 0 saturated carbocycles. The zero-order valence-corrected chi connectivity index (χ0v) is 7.83. The van der Waals surface area contributed by atoms with E-state index < -0.39 is 18.7 Å². The summed E-state index contributed by atoms with van der Waals surface area (Å²) in [5.41, 5.74) is 7.11. The van der Waals surface area contributed by atoms with Gasteiger partial charge in [-0.25, -0.2) is 4.39 Å². The highest BCUT2D eigenvalue weighted by molar-refractivity contribution is 5.75. The van der Waals surface area contributed by atoms with Crippen LogP contribution in [-0.2, 0) is 11.5 Å². The van der Waals surface area contributed by atoms with E-state index in [9.17, 15) is 9.18 Å². The SMILES string of the molecule is Cc1ccc(CF)cc1C(N)C(=O)O. The number of rotatable bonds is 3. The highest BCUT2D eigenvalue weighted by atomic mass is 19.1. The number of aliphatic carboxylic acids is 1. The lowest BCUT2D eigenvalue weighted by atomic mass is 9.99. The van der Waals surface area contributed by atoms with E-state index in [1.165, 1.54) is 6.07 Å². The van der Waals surface area contributed by atoms with Gasteiger partial charge in [0.1, 0.15) is 12.7 Å². The number of halogens is 1. The van der Waals surface area contributed by atoms with Crippen LogP contribution in [0.2, 0.25) is 0 Å². The molecular weight excluding hydrogens is 185 g/mol. The van der Waals surface area contributed by atoms with Crippen molar-refractivity contribution in [2.45, 2.75) is 19.6 Å². The molecule has 0 amide bonds. The van der Waals surface area contributed by atoms with E-state index in [2.05, 4.69) is 0 Å².